The molecule has 1 saturated carbocycles. The predicted molar refractivity (Wildman–Crippen MR) is 205 cm³/mol. The lowest BCUT2D eigenvalue weighted by Crippen LogP contribution is -2.74. The molecule has 290 valence electrons. The minimum atomic E-state index is -0.971. The fraction of sp³-hybridized carbons (Fsp3) is 0.442. The third-order valence-electron chi connectivity index (χ3n) is 12.6. The highest BCUT2D eigenvalue weighted by Crippen LogP contribution is 2.55. The second-order valence-electron chi connectivity index (χ2n) is 17.0. The lowest BCUT2D eigenvalue weighted by molar-refractivity contribution is -0.164. The maximum Gasteiger partial charge on any atom is 0.262 e. The highest BCUT2D eigenvalue weighted by molar-refractivity contribution is 6.23. The van der Waals surface area contributed by atoms with Crippen molar-refractivity contribution in [3.05, 3.63) is 99.6 Å². The molecule has 1 atom stereocenters. The zero-order chi connectivity index (χ0) is 39.7. The number of carbonyl (C=O) groups excluding carboxylic acids is 5. The topological polar surface area (TPSA) is 133 Å². The maximum absolute atomic E-state index is 14.3. The Morgan fingerprint density at radius 2 is 1.54 bits per heavy atom. The van der Waals surface area contributed by atoms with Crippen LogP contribution in [-0.2, 0) is 22.7 Å². The molecule has 1 unspecified atom stereocenters. The quantitative estimate of drug-likeness (QED) is 0.224. The van der Waals surface area contributed by atoms with Crippen LogP contribution in [0.2, 0.25) is 0 Å². The molecule has 13 heteroatoms. The van der Waals surface area contributed by atoms with Gasteiger partial charge in [0.1, 0.15) is 23.7 Å². The summed E-state index contributed by atoms with van der Waals surface area (Å²) < 4.78 is 20.5. The van der Waals surface area contributed by atoms with E-state index in [1.54, 1.807) is 6.07 Å². The number of halogens is 1. The van der Waals surface area contributed by atoms with Crippen LogP contribution in [0.4, 0.5) is 15.8 Å². The number of amides is 5. The van der Waals surface area contributed by atoms with E-state index < -0.39 is 46.3 Å². The number of nitrogens with one attached hydrogen (secondary N) is 2. The normalized spacial score (nSPS) is 24.2. The smallest absolute Gasteiger partial charge is 0.262 e. The Balaban J connectivity index is 0.822. The Hall–Kier alpha value is -5.61. The SMILES string of the molecule is [C-]#[N+]c1ccc(OC2C(C)(C)C(NC(=O)c3ccc(N4CCC(CN5Cc6cc7c(cc6C5)C(=O)N(C5CCC(=O)NC5=O)C7=O)CC4)cc3)C2(C)C)cc1F. The summed E-state index contributed by atoms with van der Waals surface area (Å²) in [5.41, 5.74) is 3.42. The van der Waals surface area contributed by atoms with E-state index in [1.807, 2.05) is 64.1 Å². The zero-order valence-corrected chi connectivity index (χ0v) is 32.0. The van der Waals surface area contributed by atoms with E-state index in [2.05, 4.69) is 25.3 Å². The molecule has 3 aromatic rings. The molecule has 3 fully saturated rings. The summed E-state index contributed by atoms with van der Waals surface area (Å²) in [5, 5.41) is 5.47. The minimum Gasteiger partial charge on any atom is -0.489 e. The van der Waals surface area contributed by atoms with Gasteiger partial charge in [-0.25, -0.2) is 9.24 Å². The number of fused-ring (bicyclic) bond motifs is 2. The first-order valence-electron chi connectivity index (χ1n) is 19.2. The number of ether oxygens (including phenoxy) is 1. The van der Waals surface area contributed by atoms with Crippen LogP contribution in [0, 0.1) is 29.1 Å². The number of anilines is 1. The number of benzene rings is 3. The number of nitrogens with zero attached hydrogens (tertiary/aromatic N) is 4. The average molecular weight is 761 g/mol. The molecule has 4 heterocycles. The number of piperidine rings is 2. The van der Waals surface area contributed by atoms with Gasteiger partial charge in [0.25, 0.3) is 17.7 Å². The van der Waals surface area contributed by atoms with Crippen LogP contribution < -0.4 is 20.3 Å². The minimum absolute atomic E-state index is 0.0509. The van der Waals surface area contributed by atoms with Gasteiger partial charge in [-0.1, -0.05) is 27.7 Å². The van der Waals surface area contributed by atoms with Gasteiger partial charge in [-0.2, -0.15) is 0 Å². The third-order valence-corrected chi connectivity index (χ3v) is 12.6. The van der Waals surface area contributed by atoms with Gasteiger partial charge in [0.2, 0.25) is 17.5 Å². The Kier molecular flexibility index (Phi) is 9.23. The summed E-state index contributed by atoms with van der Waals surface area (Å²) in [6.07, 6.45) is 1.95. The molecule has 3 aromatic carbocycles. The lowest BCUT2D eigenvalue weighted by Gasteiger charge is -2.63. The molecule has 2 N–H and O–H groups in total. The molecule has 4 aliphatic heterocycles. The van der Waals surface area contributed by atoms with Gasteiger partial charge >= 0.3 is 0 Å². The molecule has 5 aliphatic rings. The number of hydrogen-bond acceptors (Lipinski definition) is 8. The summed E-state index contributed by atoms with van der Waals surface area (Å²) in [6.45, 7) is 19.3. The van der Waals surface area contributed by atoms with Crippen molar-refractivity contribution in [2.45, 2.75) is 84.7 Å². The van der Waals surface area contributed by atoms with Crippen LogP contribution in [0.3, 0.4) is 0 Å². The maximum atomic E-state index is 14.3. The highest BCUT2D eigenvalue weighted by atomic mass is 19.1. The molecule has 1 aliphatic carbocycles. The van der Waals surface area contributed by atoms with E-state index in [4.69, 9.17) is 11.3 Å². The van der Waals surface area contributed by atoms with Gasteiger partial charge < -0.3 is 15.0 Å². The van der Waals surface area contributed by atoms with Gasteiger partial charge in [0, 0.05) is 73.3 Å². The molecule has 2 saturated heterocycles. The number of imide groups is 2. The van der Waals surface area contributed by atoms with Crippen LogP contribution in [0.15, 0.2) is 54.6 Å². The molecule has 0 radical (unpaired) electrons. The second kappa shape index (κ2) is 13.8. The number of rotatable bonds is 8. The van der Waals surface area contributed by atoms with Crippen molar-refractivity contribution >= 4 is 40.9 Å². The van der Waals surface area contributed by atoms with E-state index in [1.165, 1.54) is 12.1 Å². The highest BCUT2D eigenvalue weighted by Gasteiger charge is 2.64. The van der Waals surface area contributed by atoms with Crippen molar-refractivity contribution in [2.75, 3.05) is 24.5 Å². The zero-order valence-electron chi connectivity index (χ0n) is 32.0. The Morgan fingerprint density at radius 3 is 2.11 bits per heavy atom. The van der Waals surface area contributed by atoms with Gasteiger partial charge in [-0.05, 0) is 84.8 Å². The summed E-state index contributed by atoms with van der Waals surface area (Å²) in [7, 11) is 0. The second-order valence-corrected chi connectivity index (χ2v) is 17.0. The van der Waals surface area contributed by atoms with Crippen molar-refractivity contribution in [3.63, 3.8) is 0 Å². The van der Waals surface area contributed by atoms with Gasteiger partial charge in [0.15, 0.2) is 0 Å². The summed E-state index contributed by atoms with van der Waals surface area (Å²) in [5.74, 6) is -1.89. The van der Waals surface area contributed by atoms with Gasteiger partial charge in [-0.15, -0.1) is 0 Å². The first-order valence-corrected chi connectivity index (χ1v) is 19.2. The van der Waals surface area contributed by atoms with Crippen LogP contribution in [0.5, 0.6) is 5.75 Å². The Bertz CT molecular complexity index is 2140. The van der Waals surface area contributed by atoms with E-state index in [9.17, 15) is 28.4 Å². The summed E-state index contributed by atoms with van der Waals surface area (Å²) >= 11 is 0. The van der Waals surface area contributed by atoms with E-state index in [0.717, 1.165) is 54.2 Å². The third kappa shape index (κ3) is 6.39. The van der Waals surface area contributed by atoms with E-state index >= 15 is 0 Å². The van der Waals surface area contributed by atoms with Crippen LogP contribution in [0.25, 0.3) is 4.85 Å². The summed E-state index contributed by atoms with van der Waals surface area (Å²) in [4.78, 5) is 73.0. The lowest BCUT2D eigenvalue weighted by atomic mass is 9.49. The van der Waals surface area contributed by atoms with Crippen molar-refractivity contribution in [2.24, 2.45) is 16.7 Å². The number of hydrogen-bond donors (Lipinski definition) is 2. The summed E-state index contributed by atoms with van der Waals surface area (Å²) in [6, 6.07) is 14.5. The van der Waals surface area contributed by atoms with Crippen molar-refractivity contribution in [1.29, 1.82) is 0 Å². The van der Waals surface area contributed by atoms with Crippen molar-refractivity contribution in [1.82, 2.24) is 20.4 Å². The number of carbonyl (C=O) groups is 5. The Morgan fingerprint density at radius 1 is 0.911 bits per heavy atom. The fourth-order valence-electron chi connectivity index (χ4n) is 9.93. The first kappa shape index (κ1) is 37.3. The van der Waals surface area contributed by atoms with Crippen LogP contribution >= 0.6 is 0 Å². The molecular weight excluding hydrogens is 716 g/mol. The molecule has 0 bridgehead atoms. The molecule has 0 aromatic heterocycles. The first-order chi connectivity index (χ1) is 26.6. The Labute approximate surface area is 325 Å². The molecule has 8 rings (SSSR count). The average Bonchev–Trinajstić information content (AvgIpc) is 3.67. The van der Waals surface area contributed by atoms with Crippen molar-refractivity contribution in [3.8, 4) is 5.75 Å². The van der Waals surface area contributed by atoms with E-state index in [-0.39, 0.29) is 36.6 Å². The largest absolute Gasteiger partial charge is 0.489 e. The van der Waals surface area contributed by atoms with Crippen LogP contribution in [0.1, 0.15) is 95.6 Å². The predicted octanol–water partition coefficient (Wildman–Crippen LogP) is 5.62. The van der Waals surface area contributed by atoms with Crippen molar-refractivity contribution < 1.29 is 33.1 Å². The monoisotopic (exact) mass is 760 g/mol. The van der Waals surface area contributed by atoms with Gasteiger partial charge in [0.05, 0.1) is 17.7 Å². The molecular formula is C43H45FN6O6. The molecule has 5 amide bonds. The molecule has 12 nitrogen and oxygen atoms in total. The fourth-order valence-corrected chi connectivity index (χ4v) is 9.93. The molecule has 0 spiro atoms. The van der Waals surface area contributed by atoms with Crippen LogP contribution in [-0.4, -0.2) is 77.2 Å². The molecule has 56 heavy (non-hydrogen) atoms. The van der Waals surface area contributed by atoms with E-state index in [0.29, 0.717) is 41.4 Å². The van der Waals surface area contributed by atoms with Gasteiger partial charge in [-0.3, -0.25) is 39.1 Å². The standard InChI is InChI=1S/C43H45FN6O6/c1-42(2)40(43(3,4)41(42)56-29-10-11-33(45-5)32(44)20-29)47-36(52)25-6-8-28(9-7-25)49-16-14-24(15-17-49)21-48-22-26-18-30-31(19-27(26)23-48)39(55)50(38(30)54)34-12-13-35(51)46-37(34)53/h6-11,18-20,24,34,40-41H,12-17,21-23H2,1-4H3,(H,47,52)(H,46,51,53).